The molecule has 2 aromatic carbocycles. The van der Waals surface area contributed by atoms with Crippen LogP contribution < -0.4 is 19.7 Å². The average molecular weight is 487 g/mol. The molecule has 1 N–H and O–H groups in total. The largest absolute Gasteiger partial charge is 0.497 e. The molecule has 0 fully saturated rings. The van der Waals surface area contributed by atoms with E-state index in [0.29, 0.717) is 28.6 Å². The number of nitrogens with zero attached hydrogens (tertiary/aromatic N) is 3. The van der Waals surface area contributed by atoms with Crippen molar-refractivity contribution in [3.05, 3.63) is 84.3 Å². The molecule has 0 radical (unpaired) electrons. The number of carbonyl (C=O) groups is 2. The van der Waals surface area contributed by atoms with Gasteiger partial charge in [0.2, 0.25) is 5.91 Å². The number of rotatable bonds is 7. The number of hydrogen-bond donors (Lipinski definition) is 1. The summed E-state index contributed by atoms with van der Waals surface area (Å²) in [5, 5.41) is 7.58. The van der Waals surface area contributed by atoms with E-state index in [0.717, 1.165) is 11.3 Å². The zero-order valence-electron chi connectivity index (χ0n) is 20.2. The fourth-order valence-corrected chi connectivity index (χ4v) is 4.43. The van der Waals surface area contributed by atoms with E-state index < -0.39 is 5.54 Å². The zero-order valence-corrected chi connectivity index (χ0v) is 20.2. The summed E-state index contributed by atoms with van der Waals surface area (Å²) in [6, 6.07) is 19.8. The van der Waals surface area contributed by atoms with Crippen molar-refractivity contribution >= 4 is 17.5 Å². The normalized spacial score (nSPS) is 17.0. The summed E-state index contributed by atoms with van der Waals surface area (Å²) in [4.78, 5) is 29.2. The molecule has 0 unspecified atom stereocenters. The monoisotopic (exact) mass is 486 g/mol. The molecular formula is C27H26N4O5. The van der Waals surface area contributed by atoms with Crippen LogP contribution in [-0.2, 0) is 17.9 Å². The van der Waals surface area contributed by atoms with Gasteiger partial charge in [-0.25, -0.2) is 0 Å². The van der Waals surface area contributed by atoms with Crippen molar-refractivity contribution < 1.29 is 23.5 Å². The van der Waals surface area contributed by atoms with Gasteiger partial charge in [-0.05, 0) is 48.9 Å². The summed E-state index contributed by atoms with van der Waals surface area (Å²) in [6.07, 6.45) is 1.55. The second kappa shape index (κ2) is 9.26. The third kappa shape index (κ3) is 3.98. The molecule has 36 heavy (non-hydrogen) atoms. The Kier molecular flexibility index (Phi) is 5.97. The highest BCUT2D eigenvalue weighted by Gasteiger charge is 2.49. The minimum absolute atomic E-state index is 0.140. The number of methoxy groups -OCH3 is 2. The van der Waals surface area contributed by atoms with Gasteiger partial charge < -0.3 is 19.2 Å². The molecule has 184 valence electrons. The fourth-order valence-electron chi connectivity index (χ4n) is 4.43. The highest BCUT2D eigenvalue weighted by Crippen LogP contribution is 2.38. The first-order valence-electron chi connectivity index (χ1n) is 11.4. The van der Waals surface area contributed by atoms with Gasteiger partial charge in [0.1, 0.15) is 28.4 Å². The number of nitrogens with one attached hydrogen (secondary N) is 1. The van der Waals surface area contributed by atoms with Crippen LogP contribution in [0.4, 0.5) is 5.69 Å². The van der Waals surface area contributed by atoms with E-state index in [2.05, 4.69) is 10.4 Å². The van der Waals surface area contributed by atoms with Crippen LogP contribution in [0.15, 0.2) is 77.4 Å². The number of carbonyl (C=O) groups excluding carboxylic acids is 2. The smallest absolute Gasteiger partial charge is 0.277 e. The van der Waals surface area contributed by atoms with Gasteiger partial charge in [0.25, 0.3) is 5.91 Å². The first kappa shape index (κ1) is 23.2. The lowest BCUT2D eigenvalue weighted by Crippen LogP contribution is -2.64. The highest BCUT2D eigenvalue weighted by atomic mass is 16.5. The second-order valence-corrected chi connectivity index (χ2v) is 8.67. The minimum Gasteiger partial charge on any atom is -0.497 e. The predicted octanol–water partition coefficient (Wildman–Crippen LogP) is 3.90. The Bertz CT molecular complexity index is 1390. The van der Waals surface area contributed by atoms with E-state index >= 15 is 0 Å². The van der Waals surface area contributed by atoms with Gasteiger partial charge in [0.05, 0.1) is 32.7 Å². The lowest BCUT2D eigenvalue weighted by Gasteiger charge is -2.43. The molecule has 3 heterocycles. The van der Waals surface area contributed by atoms with Crippen molar-refractivity contribution in [2.75, 3.05) is 19.1 Å². The molecule has 0 spiro atoms. The number of aromatic nitrogens is 2. The quantitative estimate of drug-likeness (QED) is 0.426. The van der Waals surface area contributed by atoms with Gasteiger partial charge >= 0.3 is 0 Å². The molecular weight excluding hydrogens is 460 g/mol. The summed E-state index contributed by atoms with van der Waals surface area (Å²) in [5.74, 6) is 1.07. The SMILES string of the molecule is COc1ccc(CNC(=O)[C@]2(C)Cn3nc(-c4ccco4)cc3C(=O)N2c2ccccc2OC)cc1. The molecule has 0 aliphatic carbocycles. The lowest BCUT2D eigenvalue weighted by atomic mass is 9.93. The Balaban J connectivity index is 1.53. The molecule has 0 bridgehead atoms. The molecule has 1 aliphatic rings. The van der Waals surface area contributed by atoms with E-state index in [-0.39, 0.29) is 24.9 Å². The number of para-hydroxylation sites is 2. The molecule has 1 aliphatic heterocycles. The van der Waals surface area contributed by atoms with E-state index in [1.807, 2.05) is 30.3 Å². The fraction of sp³-hybridized carbons (Fsp3) is 0.222. The van der Waals surface area contributed by atoms with Crippen LogP contribution in [0.5, 0.6) is 11.5 Å². The van der Waals surface area contributed by atoms with Gasteiger partial charge in [-0.1, -0.05) is 24.3 Å². The minimum atomic E-state index is -1.29. The van der Waals surface area contributed by atoms with Crippen LogP contribution in [0.3, 0.4) is 0 Å². The van der Waals surface area contributed by atoms with Crippen LogP contribution in [0.2, 0.25) is 0 Å². The lowest BCUT2D eigenvalue weighted by molar-refractivity contribution is -0.126. The summed E-state index contributed by atoms with van der Waals surface area (Å²) >= 11 is 0. The van der Waals surface area contributed by atoms with Crippen molar-refractivity contribution in [2.24, 2.45) is 0 Å². The average Bonchev–Trinajstić information content (AvgIpc) is 3.58. The molecule has 0 saturated heterocycles. The Labute approximate surface area is 208 Å². The number of benzene rings is 2. The van der Waals surface area contributed by atoms with Crippen molar-refractivity contribution in [3.8, 4) is 23.0 Å². The second-order valence-electron chi connectivity index (χ2n) is 8.67. The zero-order chi connectivity index (χ0) is 25.3. The van der Waals surface area contributed by atoms with E-state index in [4.69, 9.17) is 13.9 Å². The summed E-state index contributed by atoms with van der Waals surface area (Å²) in [7, 11) is 3.14. The standard InChI is InChI=1S/C27H26N4O5/c1-27(26(33)28-16-18-10-12-19(34-2)13-11-18)17-30-22(15-20(29-30)23-9-6-14-36-23)25(32)31(27)21-7-4-5-8-24(21)35-3/h4-15H,16-17H2,1-3H3,(H,28,33)/t27-/m0/s1. The third-order valence-electron chi connectivity index (χ3n) is 6.35. The first-order chi connectivity index (χ1) is 17.4. The maximum Gasteiger partial charge on any atom is 0.277 e. The van der Waals surface area contributed by atoms with E-state index in [9.17, 15) is 9.59 Å². The van der Waals surface area contributed by atoms with Crippen LogP contribution in [0, 0.1) is 0 Å². The van der Waals surface area contributed by atoms with Crippen molar-refractivity contribution in [1.82, 2.24) is 15.1 Å². The Morgan fingerprint density at radius 1 is 1.08 bits per heavy atom. The number of ether oxygens (including phenoxy) is 2. The van der Waals surface area contributed by atoms with Crippen molar-refractivity contribution in [1.29, 1.82) is 0 Å². The number of amides is 2. The molecule has 2 aromatic heterocycles. The molecule has 1 atom stereocenters. The van der Waals surface area contributed by atoms with Crippen LogP contribution >= 0.6 is 0 Å². The maximum absolute atomic E-state index is 13.9. The van der Waals surface area contributed by atoms with Crippen molar-refractivity contribution in [3.63, 3.8) is 0 Å². The number of fused-ring (bicyclic) bond motifs is 1. The number of anilines is 1. The topological polar surface area (TPSA) is 98.8 Å². The maximum atomic E-state index is 13.9. The Morgan fingerprint density at radius 3 is 2.56 bits per heavy atom. The van der Waals surface area contributed by atoms with Gasteiger partial charge in [0.15, 0.2) is 5.76 Å². The van der Waals surface area contributed by atoms with Crippen molar-refractivity contribution in [2.45, 2.75) is 25.6 Å². The molecule has 9 heteroatoms. The highest BCUT2D eigenvalue weighted by molar-refractivity contribution is 6.12. The Hall–Kier alpha value is -4.53. The van der Waals surface area contributed by atoms with Crippen LogP contribution in [-0.4, -0.2) is 41.4 Å². The van der Waals surface area contributed by atoms with E-state index in [1.165, 1.54) is 12.0 Å². The first-order valence-corrected chi connectivity index (χ1v) is 11.4. The number of furan rings is 1. The molecule has 9 nitrogen and oxygen atoms in total. The summed E-state index contributed by atoms with van der Waals surface area (Å²) in [6.45, 7) is 2.16. The van der Waals surface area contributed by atoms with Crippen LogP contribution in [0.25, 0.3) is 11.5 Å². The summed E-state index contributed by atoms with van der Waals surface area (Å²) in [5.41, 5.74) is 0.981. The third-order valence-corrected chi connectivity index (χ3v) is 6.35. The van der Waals surface area contributed by atoms with Gasteiger partial charge in [-0.2, -0.15) is 5.10 Å². The Morgan fingerprint density at radius 2 is 1.86 bits per heavy atom. The van der Waals surface area contributed by atoms with Gasteiger partial charge in [-0.15, -0.1) is 0 Å². The van der Waals surface area contributed by atoms with E-state index in [1.54, 1.807) is 61.4 Å². The number of hydrogen-bond acceptors (Lipinski definition) is 6. The molecule has 4 aromatic rings. The van der Waals surface area contributed by atoms with Gasteiger partial charge in [-0.3, -0.25) is 19.2 Å². The summed E-state index contributed by atoms with van der Waals surface area (Å²) < 4.78 is 17.8. The predicted molar refractivity (Wildman–Crippen MR) is 133 cm³/mol. The molecule has 2 amide bonds. The molecule has 5 rings (SSSR count). The molecule has 0 saturated carbocycles. The van der Waals surface area contributed by atoms with Crippen LogP contribution in [0.1, 0.15) is 23.0 Å². The van der Waals surface area contributed by atoms with Gasteiger partial charge in [0, 0.05) is 12.6 Å².